The summed E-state index contributed by atoms with van der Waals surface area (Å²) in [7, 11) is 1.80. The van der Waals surface area contributed by atoms with E-state index in [0.29, 0.717) is 24.9 Å². The van der Waals surface area contributed by atoms with Crippen molar-refractivity contribution >= 4 is 17.3 Å². The molecule has 0 aliphatic carbocycles. The second-order valence-electron chi connectivity index (χ2n) is 3.97. The SMILES string of the molecule is CCOC(=O)CN(C)Cc1nc(-c2cccs2)no1. The van der Waals surface area contributed by atoms with Gasteiger partial charge in [-0.2, -0.15) is 4.98 Å². The Balaban J connectivity index is 1.91. The number of nitrogens with zero attached hydrogens (tertiary/aromatic N) is 3. The Kier molecular flexibility index (Phi) is 4.64. The maximum absolute atomic E-state index is 11.3. The summed E-state index contributed by atoms with van der Waals surface area (Å²) in [5.41, 5.74) is 0. The molecular formula is C12H15N3O3S. The zero-order valence-corrected chi connectivity index (χ0v) is 11.6. The summed E-state index contributed by atoms with van der Waals surface area (Å²) in [5.74, 6) is 0.799. The van der Waals surface area contributed by atoms with Gasteiger partial charge in [-0.1, -0.05) is 11.2 Å². The smallest absolute Gasteiger partial charge is 0.320 e. The van der Waals surface area contributed by atoms with Crippen LogP contribution in [-0.4, -0.2) is 41.2 Å². The van der Waals surface area contributed by atoms with Gasteiger partial charge in [0.25, 0.3) is 0 Å². The van der Waals surface area contributed by atoms with Gasteiger partial charge in [-0.3, -0.25) is 9.69 Å². The molecule has 19 heavy (non-hydrogen) atoms. The lowest BCUT2D eigenvalue weighted by molar-refractivity contribution is -0.144. The Morgan fingerprint density at radius 2 is 2.42 bits per heavy atom. The van der Waals surface area contributed by atoms with E-state index < -0.39 is 0 Å². The molecule has 0 N–H and O–H groups in total. The van der Waals surface area contributed by atoms with Crippen LogP contribution >= 0.6 is 11.3 Å². The van der Waals surface area contributed by atoms with E-state index >= 15 is 0 Å². The van der Waals surface area contributed by atoms with Crippen molar-refractivity contribution in [1.29, 1.82) is 0 Å². The van der Waals surface area contributed by atoms with Gasteiger partial charge in [-0.25, -0.2) is 0 Å². The number of thiophene rings is 1. The van der Waals surface area contributed by atoms with Crippen LogP contribution in [0.15, 0.2) is 22.0 Å². The van der Waals surface area contributed by atoms with E-state index in [9.17, 15) is 4.79 Å². The Bertz CT molecular complexity index is 524. The number of aromatic nitrogens is 2. The third-order valence-electron chi connectivity index (χ3n) is 2.32. The fourth-order valence-electron chi connectivity index (χ4n) is 1.54. The highest BCUT2D eigenvalue weighted by Crippen LogP contribution is 2.21. The molecule has 0 spiro atoms. The van der Waals surface area contributed by atoms with E-state index in [1.54, 1.807) is 30.2 Å². The van der Waals surface area contributed by atoms with Crippen LogP contribution in [0.3, 0.4) is 0 Å². The molecule has 2 aromatic rings. The predicted molar refractivity (Wildman–Crippen MR) is 70.6 cm³/mol. The van der Waals surface area contributed by atoms with Gasteiger partial charge in [-0.05, 0) is 25.4 Å². The first kappa shape index (κ1) is 13.7. The normalized spacial score (nSPS) is 10.9. The summed E-state index contributed by atoms with van der Waals surface area (Å²) in [5, 5.41) is 5.87. The van der Waals surface area contributed by atoms with Crippen LogP contribution in [0.1, 0.15) is 12.8 Å². The van der Waals surface area contributed by atoms with Crippen LogP contribution in [0.25, 0.3) is 10.7 Å². The highest BCUT2D eigenvalue weighted by Gasteiger charge is 2.13. The molecule has 0 atom stereocenters. The average Bonchev–Trinajstić information content (AvgIpc) is 2.98. The molecule has 0 saturated heterocycles. The molecule has 0 unspecified atom stereocenters. The van der Waals surface area contributed by atoms with Gasteiger partial charge in [0.05, 0.1) is 24.6 Å². The molecule has 0 amide bonds. The van der Waals surface area contributed by atoms with Gasteiger partial charge in [0.1, 0.15) is 0 Å². The largest absolute Gasteiger partial charge is 0.465 e. The van der Waals surface area contributed by atoms with Crippen LogP contribution in [0, 0.1) is 0 Å². The fourth-order valence-corrected chi connectivity index (χ4v) is 2.19. The number of esters is 1. The summed E-state index contributed by atoms with van der Waals surface area (Å²) >= 11 is 1.55. The van der Waals surface area contributed by atoms with E-state index in [1.165, 1.54) is 0 Å². The van der Waals surface area contributed by atoms with Crippen LogP contribution in [0.4, 0.5) is 0 Å². The van der Waals surface area contributed by atoms with Gasteiger partial charge in [0.15, 0.2) is 0 Å². The van der Waals surface area contributed by atoms with Crippen molar-refractivity contribution in [3.05, 3.63) is 23.4 Å². The second-order valence-corrected chi connectivity index (χ2v) is 4.91. The van der Waals surface area contributed by atoms with Gasteiger partial charge in [0, 0.05) is 0 Å². The number of hydrogen-bond donors (Lipinski definition) is 0. The number of ether oxygens (including phenoxy) is 1. The summed E-state index contributed by atoms with van der Waals surface area (Å²) in [6.45, 7) is 2.78. The molecule has 0 aliphatic rings. The van der Waals surface area contributed by atoms with Crippen LogP contribution in [-0.2, 0) is 16.1 Å². The number of carbonyl (C=O) groups excluding carboxylic acids is 1. The van der Waals surface area contributed by atoms with Crippen LogP contribution < -0.4 is 0 Å². The lowest BCUT2D eigenvalue weighted by Gasteiger charge is -2.12. The molecule has 0 bridgehead atoms. The van der Waals surface area contributed by atoms with Crippen molar-refractivity contribution in [1.82, 2.24) is 15.0 Å². The summed E-state index contributed by atoms with van der Waals surface area (Å²) in [6.07, 6.45) is 0. The Morgan fingerprint density at radius 3 is 3.11 bits per heavy atom. The van der Waals surface area contributed by atoms with Gasteiger partial charge in [-0.15, -0.1) is 11.3 Å². The number of carbonyl (C=O) groups is 1. The number of hydrogen-bond acceptors (Lipinski definition) is 7. The minimum atomic E-state index is -0.261. The zero-order valence-electron chi connectivity index (χ0n) is 10.8. The first-order valence-corrected chi connectivity index (χ1v) is 6.77. The fraction of sp³-hybridized carbons (Fsp3) is 0.417. The minimum Gasteiger partial charge on any atom is -0.465 e. The zero-order chi connectivity index (χ0) is 13.7. The molecule has 0 aliphatic heterocycles. The molecule has 0 aromatic carbocycles. The third kappa shape index (κ3) is 3.87. The number of likely N-dealkylation sites (N-methyl/N-ethyl adjacent to an activating group) is 1. The third-order valence-corrected chi connectivity index (χ3v) is 3.18. The lowest BCUT2D eigenvalue weighted by atomic mass is 10.4. The summed E-state index contributed by atoms with van der Waals surface area (Å²) < 4.78 is 10.0. The van der Waals surface area contributed by atoms with Gasteiger partial charge < -0.3 is 9.26 Å². The van der Waals surface area contributed by atoms with Crippen molar-refractivity contribution in [3.63, 3.8) is 0 Å². The van der Waals surface area contributed by atoms with Gasteiger partial charge >= 0.3 is 5.97 Å². The quantitative estimate of drug-likeness (QED) is 0.752. The van der Waals surface area contributed by atoms with Crippen molar-refractivity contribution in [2.45, 2.75) is 13.5 Å². The molecule has 6 nitrogen and oxygen atoms in total. The molecule has 0 fully saturated rings. The summed E-state index contributed by atoms with van der Waals surface area (Å²) in [6, 6.07) is 3.87. The Hall–Kier alpha value is -1.73. The van der Waals surface area contributed by atoms with E-state index in [1.807, 2.05) is 17.5 Å². The predicted octanol–water partition coefficient (Wildman–Crippen LogP) is 1.79. The van der Waals surface area contributed by atoms with Crippen molar-refractivity contribution in [2.75, 3.05) is 20.2 Å². The molecule has 7 heteroatoms. The molecule has 0 radical (unpaired) electrons. The monoisotopic (exact) mass is 281 g/mol. The maximum atomic E-state index is 11.3. The molecule has 2 aromatic heterocycles. The number of rotatable bonds is 6. The second kappa shape index (κ2) is 6.44. The molecule has 0 saturated carbocycles. The summed E-state index contributed by atoms with van der Waals surface area (Å²) in [4.78, 5) is 18.3. The van der Waals surface area contributed by atoms with E-state index in [0.717, 1.165) is 4.88 Å². The Morgan fingerprint density at radius 1 is 1.58 bits per heavy atom. The van der Waals surface area contributed by atoms with Crippen LogP contribution in [0.5, 0.6) is 0 Å². The molecule has 2 heterocycles. The van der Waals surface area contributed by atoms with Crippen molar-refractivity contribution in [3.8, 4) is 10.7 Å². The first-order chi connectivity index (χ1) is 9.19. The molecular weight excluding hydrogens is 266 g/mol. The van der Waals surface area contributed by atoms with Crippen molar-refractivity contribution < 1.29 is 14.1 Å². The molecule has 102 valence electrons. The topological polar surface area (TPSA) is 68.5 Å². The first-order valence-electron chi connectivity index (χ1n) is 5.89. The highest BCUT2D eigenvalue weighted by atomic mass is 32.1. The van der Waals surface area contributed by atoms with E-state index in [-0.39, 0.29) is 12.5 Å². The standard InChI is InChI=1S/C12H15N3O3S/c1-3-17-11(16)8-15(2)7-10-13-12(14-18-10)9-5-4-6-19-9/h4-6H,3,7-8H2,1-2H3. The lowest BCUT2D eigenvalue weighted by Crippen LogP contribution is -2.27. The van der Waals surface area contributed by atoms with E-state index in [2.05, 4.69) is 10.1 Å². The minimum absolute atomic E-state index is 0.199. The van der Waals surface area contributed by atoms with E-state index in [4.69, 9.17) is 9.26 Å². The average molecular weight is 281 g/mol. The van der Waals surface area contributed by atoms with Gasteiger partial charge in [0.2, 0.25) is 11.7 Å². The highest BCUT2D eigenvalue weighted by molar-refractivity contribution is 7.13. The van der Waals surface area contributed by atoms with Crippen LogP contribution in [0.2, 0.25) is 0 Å². The maximum Gasteiger partial charge on any atom is 0.320 e. The Labute approximate surface area is 115 Å². The molecule has 2 rings (SSSR count). The van der Waals surface area contributed by atoms with Crippen molar-refractivity contribution in [2.24, 2.45) is 0 Å².